The minimum Gasteiger partial charge on any atom is -0.466 e. The van der Waals surface area contributed by atoms with Gasteiger partial charge < -0.3 is 4.74 Å². The van der Waals surface area contributed by atoms with Gasteiger partial charge in [0.15, 0.2) is 0 Å². The van der Waals surface area contributed by atoms with Crippen molar-refractivity contribution in [3.8, 4) is 0 Å². The minimum atomic E-state index is -3.66. The second-order valence-electron chi connectivity index (χ2n) is 5.40. The van der Waals surface area contributed by atoms with Crippen LogP contribution < -0.4 is 4.72 Å². The fraction of sp³-hybridized carbons (Fsp3) is 0.278. The van der Waals surface area contributed by atoms with Crippen LogP contribution in [0.5, 0.6) is 0 Å². The topological polar surface area (TPSA) is 72.5 Å². The van der Waals surface area contributed by atoms with Crippen molar-refractivity contribution < 1.29 is 22.3 Å². The van der Waals surface area contributed by atoms with Gasteiger partial charge >= 0.3 is 5.97 Å². The van der Waals surface area contributed by atoms with Gasteiger partial charge in [-0.1, -0.05) is 24.3 Å². The van der Waals surface area contributed by atoms with Gasteiger partial charge in [-0.05, 0) is 48.7 Å². The van der Waals surface area contributed by atoms with Crippen molar-refractivity contribution in [2.45, 2.75) is 24.7 Å². The molecule has 0 spiro atoms. The molecular weight excluding hydrogens is 345 g/mol. The standard InChI is InChI=1S/C18H20FNO4S/c1-2-24-18(21)13-15-5-3-14(4-6-15)11-12-20-25(22,23)17-9-7-16(19)8-10-17/h3-10,20H,2,11-13H2,1H3. The quantitative estimate of drug-likeness (QED) is 0.730. The first-order valence-corrected chi connectivity index (χ1v) is 9.37. The van der Waals surface area contributed by atoms with E-state index in [1.54, 1.807) is 6.92 Å². The normalized spacial score (nSPS) is 11.3. The Balaban J connectivity index is 1.87. The van der Waals surface area contributed by atoms with Gasteiger partial charge in [-0.2, -0.15) is 0 Å². The molecule has 0 aliphatic heterocycles. The SMILES string of the molecule is CCOC(=O)Cc1ccc(CCNS(=O)(=O)c2ccc(F)cc2)cc1. The van der Waals surface area contributed by atoms with Crippen LogP contribution in [-0.2, 0) is 32.4 Å². The van der Waals surface area contributed by atoms with Crippen molar-refractivity contribution in [3.05, 3.63) is 65.5 Å². The van der Waals surface area contributed by atoms with Gasteiger partial charge in [-0.25, -0.2) is 17.5 Å². The summed E-state index contributed by atoms with van der Waals surface area (Å²) in [5.41, 5.74) is 1.78. The molecule has 7 heteroatoms. The second-order valence-corrected chi connectivity index (χ2v) is 7.17. The molecule has 0 aliphatic carbocycles. The maximum absolute atomic E-state index is 12.9. The van der Waals surface area contributed by atoms with Gasteiger partial charge in [-0.3, -0.25) is 4.79 Å². The molecular formula is C18H20FNO4S. The third-order valence-electron chi connectivity index (χ3n) is 3.51. The number of carbonyl (C=O) groups is 1. The van der Waals surface area contributed by atoms with Crippen LogP contribution in [0.2, 0.25) is 0 Å². The van der Waals surface area contributed by atoms with E-state index in [-0.39, 0.29) is 23.8 Å². The average Bonchev–Trinajstić information content (AvgIpc) is 2.57. The Bertz CT molecular complexity index is 802. The summed E-state index contributed by atoms with van der Waals surface area (Å²) < 4.78 is 44.4. The molecule has 134 valence electrons. The van der Waals surface area contributed by atoms with Crippen molar-refractivity contribution in [3.63, 3.8) is 0 Å². The summed E-state index contributed by atoms with van der Waals surface area (Å²) in [4.78, 5) is 11.4. The lowest BCUT2D eigenvalue weighted by molar-refractivity contribution is -0.142. The lowest BCUT2D eigenvalue weighted by atomic mass is 10.1. The van der Waals surface area contributed by atoms with Crippen molar-refractivity contribution >= 4 is 16.0 Å². The van der Waals surface area contributed by atoms with Crippen molar-refractivity contribution in [1.82, 2.24) is 4.72 Å². The smallest absolute Gasteiger partial charge is 0.310 e. The Hall–Kier alpha value is -2.25. The summed E-state index contributed by atoms with van der Waals surface area (Å²) in [5.74, 6) is -0.760. The van der Waals surface area contributed by atoms with Crippen LogP contribution in [0, 0.1) is 5.82 Å². The van der Waals surface area contributed by atoms with E-state index < -0.39 is 15.8 Å². The second kappa shape index (κ2) is 8.73. The van der Waals surface area contributed by atoms with Crippen LogP contribution in [0.25, 0.3) is 0 Å². The highest BCUT2D eigenvalue weighted by molar-refractivity contribution is 7.89. The summed E-state index contributed by atoms with van der Waals surface area (Å²) in [7, 11) is -3.66. The van der Waals surface area contributed by atoms with Crippen molar-refractivity contribution in [2.75, 3.05) is 13.2 Å². The molecule has 0 heterocycles. The number of sulfonamides is 1. The van der Waals surface area contributed by atoms with Crippen LogP contribution in [-0.4, -0.2) is 27.5 Å². The molecule has 0 unspecified atom stereocenters. The van der Waals surface area contributed by atoms with Gasteiger partial charge in [-0.15, -0.1) is 0 Å². The molecule has 0 atom stereocenters. The number of nitrogens with one attached hydrogen (secondary N) is 1. The van der Waals surface area contributed by atoms with E-state index in [0.717, 1.165) is 23.3 Å². The fourth-order valence-electron chi connectivity index (χ4n) is 2.23. The summed E-state index contributed by atoms with van der Waals surface area (Å²) in [6.07, 6.45) is 0.714. The number of hydrogen-bond acceptors (Lipinski definition) is 4. The number of benzene rings is 2. The Labute approximate surface area is 146 Å². The summed E-state index contributed by atoms with van der Waals surface area (Å²) >= 11 is 0. The minimum absolute atomic E-state index is 0.0266. The van der Waals surface area contributed by atoms with E-state index in [1.807, 2.05) is 24.3 Å². The highest BCUT2D eigenvalue weighted by atomic mass is 32.2. The molecule has 0 amide bonds. The number of carbonyl (C=O) groups excluding carboxylic acids is 1. The van der Waals surface area contributed by atoms with E-state index in [1.165, 1.54) is 12.1 Å². The maximum atomic E-state index is 12.9. The molecule has 0 bridgehead atoms. The van der Waals surface area contributed by atoms with Crippen molar-refractivity contribution in [2.24, 2.45) is 0 Å². The average molecular weight is 365 g/mol. The summed E-state index contributed by atoms with van der Waals surface area (Å²) in [6.45, 7) is 2.33. The van der Waals surface area contributed by atoms with Crippen LogP contribution in [0.3, 0.4) is 0 Å². The number of halogens is 1. The molecule has 0 aromatic heterocycles. The van der Waals surface area contributed by atoms with Crippen molar-refractivity contribution in [1.29, 1.82) is 0 Å². The zero-order valence-electron chi connectivity index (χ0n) is 13.9. The van der Waals surface area contributed by atoms with E-state index in [4.69, 9.17) is 4.74 Å². The third kappa shape index (κ3) is 5.95. The molecule has 2 aromatic carbocycles. The first-order valence-electron chi connectivity index (χ1n) is 7.89. The van der Waals surface area contributed by atoms with E-state index in [9.17, 15) is 17.6 Å². The maximum Gasteiger partial charge on any atom is 0.310 e. The molecule has 0 radical (unpaired) electrons. The molecule has 2 rings (SSSR count). The fourth-order valence-corrected chi connectivity index (χ4v) is 3.26. The van der Waals surface area contributed by atoms with E-state index in [0.29, 0.717) is 13.0 Å². The molecule has 0 saturated carbocycles. The zero-order chi connectivity index (χ0) is 18.3. The molecule has 25 heavy (non-hydrogen) atoms. The van der Waals surface area contributed by atoms with Gasteiger partial charge in [0.25, 0.3) is 0 Å². The number of ether oxygens (including phenoxy) is 1. The highest BCUT2D eigenvalue weighted by Crippen LogP contribution is 2.10. The molecule has 2 aromatic rings. The van der Waals surface area contributed by atoms with Crippen LogP contribution >= 0.6 is 0 Å². The monoisotopic (exact) mass is 365 g/mol. The zero-order valence-corrected chi connectivity index (χ0v) is 14.7. The Morgan fingerprint density at radius 1 is 1.04 bits per heavy atom. The van der Waals surface area contributed by atoms with Gasteiger partial charge in [0, 0.05) is 6.54 Å². The number of rotatable bonds is 8. The predicted molar refractivity (Wildman–Crippen MR) is 92.1 cm³/mol. The molecule has 0 fully saturated rings. The lowest BCUT2D eigenvalue weighted by Gasteiger charge is -2.07. The summed E-state index contributed by atoms with van der Waals surface area (Å²) in [5, 5.41) is 0. The molecule has 0 saturated heterocycles. The first-order chi connectivity index (χ1) is 11.9. The van der Waals surface area contributed by atoms with E-state index in [2.05, 4.69) is 4.72 Å². The molecule has 1 N–H and O–H groups in total. The van der Waals surface area contributed by atoms with Crippen LogP contribution in [0.1, 0.15) is 18.1 Å². The Morgan fingerprint density at radius 3 is 2.24 bits per heavy atom. The predicted octanol–water partition coefficient (Wildman–Crippen LogP) is 2.45. The molecule has 5 nitrogen and oxygen atoms in total. The first kappa shape index (κ1) is 19.1. The van der Waals surface area contributed by atoms with Gasteiger partial charge in [0.05, 0.1) is 17.9 Å². The van der Waals surface area contributed by atoms with Gasteiger partial charge in [0.2, 0.25) is 10.0 Å². The van der Waals surface area contributed by atoms with Crippen LogP contribution in [0.4, 0.5) is 4.39 Å². The number of esters is 1. The van der Waals surface area contributed by atoms with Gasteiger partial charge in [0.1, 0.15) is 5.82 Å². The Kier molecular flexibility index (Phi) is 6.66. The summed E-state index contributed by atoms with van der Waals surface area (Å²) in [6, 6.07) is 12.0. The largest absolute Gasteiger partial charge is 0.466 e. The molecule has 0 aliphatic rings. The highest BCUT2D eigenvalue weighted by Gasteiger charge is 2.13. The Morgan fingerprint density at radius 2 is 1.64 bits per heavy atom. The van der Waals surface area contributed by atoms with E-state index >= 15 is 0 Å². The van der Waals surface area contributed by atoms with Crippen LogP contribution in [0.15, 0.2) is 53.4 Å². The lowest BCUT2D eigenvalue weighted by Crippen LogP contribution is -2.26. The number of hydrogen-bond donors (Lipinski definition) is 1. The third-order valence-corrected chi connectivity index (χ3v) is 4.98.